The smallest absolute Gasteiger partial charge is 0.414 e. The van der Waals surface area contributed by atoms with Crippen molar-refractivity contribution in [2.45, 2.75) is 0 Å². The normalized spacial score (nSPS) is 13.9. The molecule has 0 radical (unpaired) electrons. The molecular formula is C18H12ClFN2O3S. The topological polar surface area (TPSA) is 58.6 Å². The number of halogens is 2. The van der Waals surface area contributed by atoms with Crippen molar-refractivity contribution in [3.8, 4) is 0 Å². The summed E-state index contributed by atoms with van der Waals surface area (Å²) in [6, 6.07) is 11.1. The van der Waals surface area contributed by atoms with E-state index in [1.54, 1.807) is 30.3 Å². The monoisotopic (exact) mass is 390 g/mol. The summed E-state index contributed by atoms with van der Waals surface area (Å²) >= 11 is 7.41. The molecule has 4 rings (SSSR count). The van der Waals surface area contributed by atoms with Gasteiger partial charge >= 0.3 is 6.09 Å². The molecule has 1 aromatic heterocycles. The summed E-state index contributed by atoms with van der Waals surface area (Å²) in [5.74, 6) is -0.773. The molecule has 1 aliphatic rings. The Morgan fingerprint density at radius 2 is 2.12 bits per heavy atom. The number of hydrogen-bond acceptors (Lipinski definition) is 4. The van der Waals surface area contributed by atoms with Gasteiger partial charge in [-0.15, -0.1) is 11.3 Å². The van der Waals surface area contributed by atoms with Gasteiger partial charge in [0.1, 0.15) is 17.3 Å². The average molecular weight is 391 g/mol. The van der Waals surface area contributed by atoms with Crippen LogP contribution in [0.15, 0.2) is 42.5 Å². The SMILES string of the molecule is O=C(Nc1cccc(N2CCOC2=O)c1)c1sc2cc(F)ccc2c1Cl. The van der Waals surface area contributed by atoms with E-state index in [0.29, 0.717) is 44.5 Å². The number of carbonyl (C=O) groups excluding carboxylic acids is 2. The van der Waals surface area contributed by atoms with Crippen LogP contribution >= 0.6 is 22.9 Å². The van der Waals surface area contributed by atoms with Crippen molar-refractivity contribution in [3.63, 3.8) is 0 Å². The zero-order chi connectivity index (χ0) is 18.3. The maximum atomic E-state index is 13.4. The predicted octanol–water partition coefficient (Wildman–Crippen LogP) is 4.90. The molecule has 2 amide bonds. The lowest BCUT2D eigenvalue weighted by Crippen LogP contribution is -2.23. The summed E-state index contributed by atoms with van der Waals surface area (Å²) in [5.41, 5.74) is 1.15. The van der Waals surface area contributed by atoms with Gasteiger partial charge in [-0.05, 0) is 36.4 Å². The number of benzene rings is 2. The first-order valence-corrected chi connectivity index (χ1v) is 8.95. The molecule has 1 fully saturated rings. The van der Waals surface area contributed by atoms with Crippen molar-refractivity contribution in [3.05, 3.63) is 58.2 Å². The number of fused-ring (bicyclic) bond motifs is 1. The van der Waals surface area contributed by atoms with Gasteiger partial charge in [0.05, 0.1) is 11.6 Å². The molecule has 0 aliphatic carbocycles. The zero-order valence-electron chi connectivity index (χ0n) is 13.3. The van der Waals surface area contributed by atoms with Crippen molar-refractivity contribution in [1.29, 1.82) is 0 Å². The van der Waals surface area contributed by atoms with E-state index < -0.39 is 12.0 Å². The summed E-state index contributed by atoms with van der Waals surface area (Å²) in [5, 5.41) is 3.70. The minimum atomic E-state index is -0.414. The van der Waals surface area contributed by atoms with Crippen LogP contribution in [0.1, 0.15) is 9.67 Å². The van der Waals surface area contributed by atoms with Gasteiger partial charge in [-0.1, -0.05) is 17.7 Å². The molecule has 3 aromatic rings. The fourth-order valence-corrected chi connectivity index (χ4v) is 4.19. The lowest BCUT2D eigenvalue weighted by atomic mass is 10.2. The molecular weight excluding hydrogens is 379 g/mol. The van der Waals surface area contributed by atoms with Crippen LogP contribution < -0.4 is 10.2 Å². The molecule has 0 atom stereocenters. The molecule has 0 bridgehead atoms. The number of ether oxygens (including phenoxy) is 1. The first kappa shape index (κ1) is 16.8. The van der Waals surface area contributed by atoms with Crippen molar-refractivity contribution >= 4 is 56.4 Å². The number of rotatable bonds is 3. The van der Waals surface area contributed by atoms with Crippen molar-refractivity contribution in [2.75, 3.05) is 23.4 Å². The van der Waals surface area contributed by atoms with Gasteiger partial charge in [0.2, 0.25) is 0 Å². The Morgan fingerprint density at radius 1 is 1.27 bits per heavy atom. The number of hydrogen-bond donors (Lipinski definition) is 1. The van der Waals surface area contributed by atoms with Gasteiger partial charge in [0.25, 0.3) is 5.91 Å². The maximum absolute atomic E-state index is 13.4. The van der Waals surface area contributed by atoms with E-state index >= 15 is 0 Å². The highest BCUT2D eigenvalue weighted by molar-refractivity contribution is 7.21. The molecule has 1 aliphatic heterocycles. The molecule has 2 aromatic carbocycles. The Balaban J connectivity index is 1.61. The van der Waals surface area contributed by atoms with E-state index in [1.807, 2.05) is 0 Å². The summed E-state index contributed by atoms with van der Waals surface area (Å²) < 4.78 is 18.9. The first-order valence-electron chi connectivity index (χ1n) is 7.76. The first-order chi connectivity index (χ1) is 12.5. The predicted molar refractivity (Wildman–Crippen MR) is 99.9 cm³/mol. The number of carbonyl (C=O) groups is 2. The van der Waals surface area contributed by atoms with Gasteiger partial charge < -0.3 is 10.1 Å². The summed E-state index contributed by atoms with van der Waals surface area (Å²) in [4.78, 5) is 26.1. The number of cyclic esters (lactones) is 1. The van der Waals surface area contributed by atoms with E-state index in [2.05, 4.69) is 5.32 Å². The zero-order valence-corrected chi connectivity index (χ0v) is 14.9. The van der Waals surface area contributed by atoms with Crippen LogP contribution in [-0.4, -0.2) is 25.2 Å². The Bertz CT molecular complexity index is 1040. The van der Waals surface area contributed by atoms with Crippen LogP contribution in [0.25, 0.3) is 10.1 Å². The maximum Gasteiger partial charge on any atom is 0.414 e. The van der Waals surface area contributed by atoms with Crippen LogP contribution in [0.2, 0.25) is 5.02 Å². The Kier molecular flexibility index (Phi) is 4.26. The second-order valence-corrected chi connectivity index (χ2v) is 7.09. The van der Waals surface area contributed by atoms with Gasteiger partial charge in [-0.3, -0.25) is 9.69 Å². The van der Waals surface area contributed by atoms with E-state index in [-0.39, 0.29) is 5.82 Å². The largest absolute Gasteiger partial charge is 0.447 e. The van der Waals surface area contributed by atoms with Crippen LogP contribution in [0.4, 0.5) is 20.6 Å². The van der Waals surface area contributed by atoms with Crippen LogP contribution in [0.3, 0.4) is 0 Å². The molecule has 0 spiro atoms. The van der Waals surface area contributed by atoms with Crippen molar-refractivity contribution in [1.82, 2.24) is 0 Å². The third-order valence-corrected chi connectivity index (χ3v) is 5.63. The highest BCUT2D eigenvalue weighted by atomic mass is 35.5. The quantitative estimate of drug-likeness (QED) is 0.691. The minimum Gasteiger partial charge on any atom is -0.447 e. The van der Waals surface area contributed by atoms with Crippen molar-refractivity contribution in [2.24, 2.45) is 0 Å². The fraction of sp³-hybridized carbons (Fsp3) is 0.111. The Labute approximate surface area is 156 Å². The highest BCUT2D eigenvalue weighted by Gasteiger charge is 2.24. The van der Waals surface area contributed by atoms with Gasteiger partial charge in [0, 0.05) is 21.5 Å². The van der Waals surface area contributed by atoms with Crippen LogP contribution in [0, 0.1) is 5.82 Å². The summed E-state index contributed by atoms with van der Waals surface area (Å²) in [7, 11) is 0. The standard InChI is InChI=1S/C18H12ClFN2O3S/c19-15-13-5-4-10(20)8-14(13)26-16(15)17(23)21-11-2-1-3-12(9-11)22-6-7-25-18(22)24/h1-5,8-9H,6-7H2,(H,21,23). The molecule has 2 heterocycles. The molecule has 1 N–H and O–H groups in total. The third kappa shape index (κ3) is 3.00. The molecule has 5 nitrogen and oxygen atoms in total. The van der Waals surface area contributed by atoms with E-state index in [9.17, 15) is 14.0 Å². The molecule has 1 saturated heterocycles. The van der Waals surface area contributed by atoms with Gasteiger partial charge in [0.15, 0.2) is 0 Å². The number of nitrogens with zero attached hydrogens (tertiary/aromatic N) is 1. The molecule has 26 heavy (non-hydrogen) atoms. The van der Waals surface area contributed by atoms with E-state index in [0.717, 1.165) is 11.3 Å². The molecule has 0 unspecified atom stereocenters. The van der Waals surface area contributed by atoms with Gasteiger partial charge in [-0.25, -0.2) is 9.18 Å². The number of nitrogens with one attached hydrogen (secondary N) is 1. The fourth-order valence-electron chi connectivity index (χ4n) is 2.75. The molecule has 0 saturated carbocycles. The Hall–Kier alpha value is -2.64. The number of amides is 2. The third-order valence-electron chi connectivity index (χ3n) is 3.97. The Morgan fingerprint density at radius 3 is 2.88 bits per heavy atom. The van der Waals surface area contributed by atoms with Crippen molar-refractivity contribution < 1.29 is 18.7 Å². The van der Waals surface area contributed by atoms with Crippen LogP contribution in [0.5, 0.6) is 0 Å². The van der Waals surface area contributed by atoms with Crippen LogP contribution in [-0.2, 0) is 4.74 Å². The average Bonchev–Trinajstić information content (AvgIpc) is 3.18. The lowest BCUT2D eigenvalue weighted by molar-refractivity contribution is 0.103. The van der Waals surface area contributed by atoms with E-state index in [1.165, 1.54) is 17.0 Å². The van der Waals surface area contributed by atoms with E-state index in [4.69, 9.17) is 16.3 Å². The second kappa shape index (κ2) is 6.59. The summed E-state index contributed by atoms with van der Waals surface area (Å²) in [6.07, 6.45) is -0.414. The second-order valence-electron chi connectivity index (χ2n) is 5.66. The number of thiophene rings is 1. The molecule has 132 valence electrons. The minimum absolute atomic E-state index is 0.293. The lowest BCUT2D eigenvalue weighted by Gasteiger charge is -2.14. The highest BCUT2D eigenvalue weighted by Crippen LogP contribution is 2.36. The summed E-state index contributed by atoms with van der Waals surface area (Å²) in [6.45, 7) is 0.799. The number of anilines is 2. The molecule has 8 heteroatoms. The van der Waals surface area contributed by atoms with Gasteiger partial charge in [-0.2, -0.15) is 0 Å².